The van der Waals surface area contributed by atoms with E-state index < -0.39 is 0 Å². The molecule has 0 saturated carbocycles. The van der Waals surface area contributed by atoms with Crippen LogP contribution in [0.2, 0.25) is 0 Å². The standard InChI is InChI=1S/C32H20N6.C2H6/c1-3-21(15-23(5-1)37-29-7-11-33-17-25(29)26-18-34-12-8-30(26)37)22-4-2-6-24(16-22)38-31-9-13-35-19-27(31)28-20-36-14-10-32(28)38;1-2/h1-20H;1-2H3. The molecule has 8 rings (SSSR count). The van der Waals surface area contributed by atoms with Gasteiger partial charge in [0, 0.05) is 82.5 Å². The zero-order chi connectivity index (χ0) is 27.1. The molecule has 6 heterocycles. The lowest BCUT2D eigenvalue weighted by atomic mass is 10.0. The number of hydrogen-bond acceptors (Lipinski definition) is 4. The maximum Gasteiger partial charge on any atom is 0.0572 e. The van der Waals surface area contributed by atoms with Gasteiger partial charge in [0.15, 0.2) is 0 Å². The summed E-state index contributed by atoms with van der Waals surface area (Å²) in [4.78, 5) is 17.4. The molecular weight excluding hydrogens is 492 g/mol. The Hall–Kier alpha value is -5.36. The van der Waals surface area contributed by atoms with Crippen LogP contribution in [0.1, 0.15) is 13.8 Å². The molecule has 0 spiro atoms. The largest absolute Gasteiger partial charge is 0.309 e. The number of rotatable bonds is 3. The molecule has 0 amide bonds. The summed E-state index contributed by atoms with van der Waals surface area (Å²) in [5, 5.41) is 4.38. The Morgan fingerprint density at radius 2 is 0.750 bits per heavy atom. The van der Waals surface area contributed by atoms with Crippen LogP contribution >= 0.6 is 0 Å². The van der Waals surface area contributed by atoms with Crippen LogP contribution in [0.3, 0.4) is 0 Å². The first-order valence-corrected chi connectivity index (χ1v) is 13.4. The van der Waals surface area contributed by atoms with Gasteiger partial charge in [-0.1, -0.05) is 38.1 Å². The summed E-state index contributed by atoms with van der Waals surface area (Å²) in [5.74, 6) is 0. The Bertz CT molecular complexity index is 1890. The third kappa shape index (κ3) is 3.65. The van der Waals surface area contributed by atoms with Gasteiger partial charge in [-0.2, -0.15) is 0 Å². The van der Waals surface area contributed by atoms with E-state index in [-0.39, 0.29) is 0 Å². The molecule has 0 N–H and O–H groups in total. The molecule has 6 aromatic heterocycles. The van der Waals surface area contributed by atoms with Gasteiger partial charge < -0.3 is 9.13 Å². The van der Waals surface area contributed by atoms with E-state index in [2.05, 4.69) is 102 Å². The zero-order valence-corrected chi connectivity index (χ0v) is 22.2. The lowest BCUT2D eigenvalue weighted by Gasteiger charge is -2.12. The number of nitrogens with zero attached hydrogens (tertiary/aromatic N) is 6. The Balaban J connectivity index is 0.00000130. The Morgan fingerprint density at radius 1 is 0.425 bits per heavy atom. The van der Waals surface area contributed by atoms with Gasteiger partial charge in [-0.05, 0) is 59.7 Å². The predicted octanol–water partition coefficient (Wildman–Crippen LogP) is 8.15. The van der Waals surface area contributed by atoms with Gasteiger partial charge in [-0.15, -0.1) is 0 Å². The van der Waals surface area contributed by atoms with Gasteiger partial charge in [-0.25, -0.2) is 0 Å². The summed E-state index contributed by atoms with van der Waals surface area (Å²) >= 11 is 0. The van der Waals surface area contributed by atoms with E-state index >= 15 is 0 Å². The van der Waals surface area contributed by atoms with Gasteiger partial charge in [-0.3, -0.25) is 19.9 Å². The first-order valence-electron chi connectivity index (χ1n) is 13.4. The molecule has 0 radical (unpaired) electrons. The summed E-state index contributed by atoms with van der Waals surface area (Å²) in [6, 6.07) is 25.6. The van der Waals surface area contributed by atoms with Crippen LogP contribution in [0.4, 0.5) is 0 Å². The second-order valence-corrected chi connectivity index (χ2v) is 9.34. The van der Waals surface area contributed by atoms with Gasteiger partial charge >= 0.3 is 0 Å². The van der Waals surface area contributed by atoms with Crippen molar-refractivity contribution in [3.8, 4) is 22.5 Å². The van der Waals surface area contributed by atoms with E-state index in [0.717, 1.165) is 66.1 Å². The fourth-order valence-corrected chi connectivity index (χ4v) is 5.62. The van der Waals surface area contributed by atoms with Crippen LogP contribution < -0.4 is 0 Å². The van der Waals surface area contributed by atoms with Crippen molar-refractivity contribution in [1.82, 2.24) is 29.1 Å². The summed E-state index contributed by atoms with van der Waals surface area (Å²) in [5.41, 5.74) is 8.93. The zero-order valence-electron chi connectivity index (χ0n) is 22.2. The molecule has 0 atom stereocenters. The fraction of sp³-hybridized carbons (Fsp3) is 0.0588. The maximum atomic E-state index is 4.36. The van der Waals surface area contributed by atoms with Crippen LogP contribution in [-0.4, -0.2) is 29.1 Å². The molecule has 192 valence electrons. The van der Waals surface area contributed by atoms with E-state index in [1.165, 1.54) is 0 Å². The SMILES string of the molecule is CC.c1cc(-c2cccc(-n3c4ccncc4c4cnccc43)c2)cc(-n2c3ccncc3c3cnccc32)c1. The Kier molecular flexibility index (Phi) is 5.78. The van der Waals surface area contributed by atoms with Crippen LogP contribution in [0.5, 0.6) is 0 Å². The van der Waals surface area contributed by atoms with Crippen LogP contribution in [-0.2, 0) is 0 Å². The van der Waals surface area contributed by atoms with Crippen molar-refractivity contribution in [3.63, 3.8) is 0 Å². The molecule has 0 aliphatic heterocycles. The van der Waals surface area contributed by atoms with E-state index in [4.69, 9.17) is 0 Å². The third-order valence-corrected chi connectivity index (χ3v) is 7.28. The van der Waals surface area contributed by atoms with Crippen molar-refractivity contribution in [2.75, 3.05) is 0 Å². The molecule has 0 aliphatic rings. The minimum atomic E-state index is 1.10. The molecule has 6 heteroatoms. The lowest BCUT2D eigenvalue weighted by molar-refractivity contribution is 1.16. The molecule has 0 saturated heterocycles. The molecule has 0 bridgehead atoms. The van der Waals surface area contributed by atoms with Crippen molar-refractivity contribution in [2.45, 2.75) is 13.8 Å². The number of hydrogen-bond donors (Lipinski definition) is 0. The van der Waals surface area contributed by atoms with Gasteiger partial charge in [0.25, 0.3) is 0 Å². The molecular formula is C34H26N6. The van der Waals surface area contributed by atoms with Crippen molar-refractivity contribution in [1.29, 1.82) is 0 Å². The number of benzene rings is 2. The summed E-state index contributed by atoms with van der Waals surface area (Å²) in [6.07, 6.45) is 15.0. The van der Waals surface area contributed by atoms with Crippen molar-refractivity contribution < 1.29 is 0 Å². The number of aromatic nitrogens is 6. The van der Waals surface area contributed by atoms with Gasteiger partial charge in [0.2, 0.25) is 0 Å². The predicted molar refractivity (Wildman–Crippen MR) is 163 cm³/mol. The van der Waals surface area contributed by atoms with Crippen LogP contribution in [0, 0.1) is 0 Å². The highest BCUT2D eigenvalue weighted by molar-refractivity contribution is 6.09. The highest BCUT2D eigenvalue weighted by atomic mass is 15.0. The Morgan fingerprint density at radius 3 is 1.07 bits per heavy atom. The van der Waals surface area contributed by atoms with E-state index in [9.17, 15) is 0 Å². The van der Waals surface area contributed by atoms with Crippen molar-refractivity contribution in [2.24, 2.45) is 0 Å². The van der Waals surface area contributed by atoms with E-state index in [1.807, 2.05) is 63.4 Å². The smallest absolute Gasteiger partial charge is 0.0572 e. The third-order valence-electron chi connectivity index (χ3n) is 7.28. The molecule has 0 aliphatic carbocycles. The topological polar surface area (TPSA) is 61.4 Å². The molecule has 8 aromatic rings. The summed E-state index contributed by atoms with van der Waals surface area (Å²) < 4.78 is 4.57. The monoisotopic (exact) mass is 518 g/mol. The normalized spacial score (nSPS) is 11.2. The summed E-state index contributed by atoms with van der Waals surface area (Å²) in [6.45, 7) is 4.00. The van der Waals surface area contributed by atoms with Crippen LogP contribution in [0.25, 0.3) is 66.1 Å². The maximum absolute atomic E-state index is 4.36. The molecule has 0 fully saturated rings. The number of fused-ring (bicyclic) bond motifs is 6. The van der Waals surface area contributed by atoms with Crippen molar-refractivity contribution >= 4 is 43.6 Å². The van der Waals surface area contributed by atoms with E-state index in [1.54, 1.807) is 0 Å². The molecule has 40 heavy (non-hydrogen) atoms. The second-order valence-electron chi connectivity index (χ2n) is 9.34. The molecule has 0 unspecified atom stereocenters. The second kappa shape index (κ2) is 9.75. The first-order chi connectivity index (χ1) is 19.9. The quantitative estimate of drug-likeness (QED) is 0.237. The van der Waals surface area contributed by atoms with Gasteiger partial charge in [0.05, 0.1) is 22.1 Å². The van der Waals surface area contributed by atoms with Crippen LogP contribution in [0.15, 0.2) is 122 Å². The first kappa shape index (κ1) is 23.7. The fourth-order valence-electron chi connectivity index (χ4n) is 5.62. The highest BCUT2D eigenvalue weighted by Crippen LogP contribution is 2.34. The summed E-state index contributed by atoms with van der Waals surface area (Å²) in [7, 11) is 0. The average molecular weight is 519 g/mol. The van der Waals surface area contributed by atoms with Crippen molar-refractivity contribution in [3.05, 3.63) is 122 Å². The highest BCUT2D eigenvalue weighted by Gasteiger charge is 2.15. The Labute approximate surface area is 231 Å². The van der Waals surface area contributed by atoms with Gasteiger partial charge in [0.1, 0.15) is 0 Å². The average Bonchev–Trinajstić information content (AvgIpc) is 3.55. The molecule has 6 nitrogen and oxygen atoms in total. The van der Waals surface area contributed by atoms with E-state index in [0.29, 0.717) is 0 Å². The molecule has 2 aromatic carbocycles. The number of pyridine rings is 4. The minimum Gasteiger partial charge on any atom is -0.309 e. The minimum absolute atomic E-state index is 1.10. The lowest BCUT2D eigenvalue weighted by Crippen LogP contribution is -1.96.